The van der Waals surface area contributed by atoms with Crippen molar-refractivity contribution in [2.75, 3.05) is 19.7 Å². The lowest BCUT2D eigenvalue weighted by Crippen LogP contribution is -2.34. The third kappa shape index (κ3) is 3.31. The summed E-state index contributed by atoms with van der Waals surface area (Å²) < 4.78 is 5.25. The Hall–Kier alpha value is -1.06. The number of piperidine rings is 1. The van der Waals surface area contributed by atoms with E-state index in [1.54, 1.807) is 0 Å². The van der Waals surface area contributed by atoms with E-state index in [4.69, 9.17) is 16.3 Å². The van der Waals surface area contributed by atoms with Crippen molar-refractivity contribution in [1.29, 1.82) is 0 Å². The number of carbonyl (C=O) groups excluding carboxylic acids is 1. The van der Waals surface area contributed by atoms with Gasteiger partial charge in [0, 0.05) is 17.6 Å². The number of esters is 1. The van der Waals surface area contributed by atoms with Gasteiger partial charge in [-0.25, -0.2) is 0 Å². The highest BCUT2D eigenvalue weighted by Crippen LogP contribution is 2.49. The van der Waals surface area contributed by atoms with Crippen molar-refractivity contribution in [3.63, 3.8) is 0 Å². The Bertz CT molecular complexity index is 546. The minimum atomic E-state index is -0.0649. The van der Waals surface area contributed by atoms with Gasteiger partial charge >= 0.3 is 5.97 Å². The molecule has 1 unspecified atom stereocenters. The highest BCUT2D eigenvalue weighted by atomic mass is 35.5. The molecule has 0 saturated carbocycles. The minimum absolute atomic E-state index is 0.0649. The van der Waals surface area contributed by atoms with E-state index in [1.165, 1.54) is 17.5 Å². The van der Waals surface area contributed by atoms with E-state index in [-0.39, 0.29) is 5.97 Å². The Kier molecular flexibility index (Phi) is 5.04. The van der Waals surface area contributed by atoms with E-state index < -0.39 is 0 Å². The number of ether oxygens (including phenoxy) is 1. The summed E-state index contributed by atoms with van der Waals surface area (Å²) in [6.45, 7) is 4.51. The number of hydrogen-bond acceptors (Lipinski definition) is 3. The van der Waals surface area contributed by atoms with Gasteiger partial charge in [-0.05, 0) is 55.0 Å². The number of benzene rings is 1. The molecule has 1 aromatic rings. The van der Waals surface area contributed by atoms with Gasteiger partial charge in [-0.1, -0.05) is 31.0 Å². The molecule has 0 amide bonds. The molecule has 2 aliphatic rings. The second-order valence-corrected chi connectivity index (χ2v) is 6.81. The Balaban J connectivity index is 1.58. The van der Waals surface area contributed by atoms with Crippen LogP contribution in [0.4, 0.5) is 0 Å². The summed E-state index contributed by atoms with van der Waals surface area (Å²) in [6, 6.07) is 6.73. The fourth-order valence-corrected chi connectivity index (χ4v) is 3.91. The van der Waals surface area contributed by atoms with Gasteiger partial charge < -0.3 is 4.74 Å². The monoisotopic (exact) mass is 321 g/mol. The van der Waals surface area contributed by atoms with Crippen LogP contribution in [0.25, 0.3) is 0 Å². The number of nitrogens with zero attached hydrogens (tertiary/aromatic N) is 1. The molecule has 4 heteroatoms. The molecule has 1 heterocycles. The van der Waals surface area contributed by atoms with Crippen molar-refractivity contribution >= 4 is 17.6 Å². The molecule has 2 atom stereocenters. The molecule has 1 aromatic carbocycles. The van der Waals surface area contributed by atoms with Crippen molar-refractivity contribution in [3.8, 4) is 0 Å². The second-order valence-electron chi connectivity index (χ2n) is 6.37. The summed E-state index contributed by atoms with van der Waals surface area (Å²) in [5, 5.41) is 0.831. The lowest BCUT2D eigenvalue weighted by atomic mass is 9.95. The number of fused-ring (bicyclic) bond motifs is 5. The zero-order chi connectivity index (χ0) is 15.5. The number of unbranched alkanes of at least 4 members (excludes halogenated alkanes) is 1. The van der Waals surface area contributed by atoms with Gasteiger partial charge in [-0.15, -0.1) is 0 Å². The van der Waals surface area contributed by atoms with Crippen LogP contribution in [0.15, 0.2) is 18.2 Å². The average molecular weight is 322 g/mol. The molecule has 0 radical (unpaired) electrons. The molecule has 1 saturated heterocycles. The van der Waals surface area contributed by atoms with Crippen LogP contribution in [-0.2, 0) is 9.53 Å². The number of carbonyl (C=O) groups is 1. The van der Waals surface area contributed by atoms with Crippen molar-refractivity contribution in [3.05, 3.63) is 34.3 Å². The molecule has 3 rings (SSSR count). The number of hydrogen-bond donors (Lipinski definition) is 0. The maximum Gasteiger partial charge on any atom is 0.307 e. The van der Waals surface area contributed by atoms with Crippen LogP contribution in [0.3, 0.4) is 0 Å². The highest BCUT2D eigenvalue weighted by molar-refractivity contribution is 6.30. The molecule has 120 valence electrons. The van der Waals surface area contributed by atoms with E-state index in [2.05, 4.69) is 24.0 Å². The van der Waals surface area contributed by atoms with Crippen molar-refractivity contribution in [1.82, 2.24) is 4.90 Å². The van der Waals surface area contributed by atoms with E-state index in [0.717, 1.165) is 37.4 Å². The topological polar surface area (TPSA) is 29.5 Å². The van der Waals surface area contributed by atoms with Gasteiger partial charge in [-0.2, -0.15) is 0 Å². The van der Waals surface area contributed by atoms with E-state index in [9.17, 15) is 4.79 Å². The lowest BCUT2D eigenvalue weighted by molar-refractivity contribution is -0.144. The average Bonchev–Trinajstić information content (AvgIpc) is 2.80. The van der Waals surface area contributed by atoms with Crippen LogP contribution in [0.1, 0.15) is 62.1 Å². The molecule has 3 nitrogen and oxygen atoms in total. The summed E-state index contributed by atoms with van der Waals surface area (Å²) >= 11 is 6.14. The molecule has 1 aliphatic heterocycles. The van der Waals surface area contributed by atoms with Crippen molar-refractivity contribution in [2.45, 2.75) is 51.0 Å². The van der Waals surface area contributed by atoms with Gasteiger partial charge in [-0.3, -0.25) is 9.69 Å². The third-order valence-corrected chi connectivity index (χ3v) is 5.16. The fraction of sp³-hybridized carbons (Fsp3) is 0.611. The number of rotatable bonds is 6. The first-order valence-electron chi connectivity index (χ1n) is 8.38. The quantitative estimate of drug-likeness (QED) is 0.577. The van der Waals surface area contributed by atoms with E-state index in [0.29, 0.717) is 25.0 Å². The van der Waals surface area contributed by atoms with Crippen molar-refractivity contribution in [2.24, 2.45) is 0 Å². The van der Waals surface area contributed by atoms with Gasteiger partial charge in [0.15, 0.2) is 0 Å². The zero-order valence-electron chi connectivity index (χ0n) is 13.2. The third-order valence-electron chi connectivity index (χ3n) is 4.93. The maximum absolute atomic E-state index is 11.8. The lowest BCUT2D eigenvalue weighted by Gasteiger charge is -2.33. The standard InChI is InChI=1S/C18H24ClNO2/c1-2-3-10-22-18(21)7-9-20-8-6-13-11-17(20)15-5-4-14(19)12-16(13)15/h4-5,12-13,17H,2-3,6-11H2,1H3/t13?,17-/m1/s1. The predicted octanol–water partition coefficient (Wildman–Crippen LogP) is 4.31. The summed E-state index contributed by atoms with van der Waals surface area (Å²) in [5.41, 5.74) is 2.83. The highest BCUT2D eigenvalue weighted by Gasteiger charge is 2.38. The Morgan fingerprint density at radius 1 is 1.41 bits per heavy atom. The molecule has 0 spiro atoms. The van der Waals surface area contributed by atoms with E-state index >= 15 is 0 Å². The molecule has 1 fully saturated rings. The normalized spacial score (nSPS) is 23.4. The Labute approximate surface area is 137 Å². The zero-order valence-corrected chi connectivity index (χ0v) is 13.9. The van der Waals surface area contributed by atoms with Crippen LogP contribution in [0.5, 0.6) is 0 Å². The second kappa shape index (κ2) is 7.01. The van der Waals surface area contributed by atoms with Crippen LogP contribution in [0, 0.1) is 0 Å². The first kappa shape index (κ1) is 15.8. The van der Waals surface area contributed by atoms with Crippen LogP contribution in [0.2, 0.25) is 5.02 Å². The molecule has 22 heavy (non-hydrogen) atoms. The summed E-state index contributed by atoms with van der Waals surface area (Å²) in [7, 11) is 0. The molecule has 0 aromatic heterocycles. The summed E-state index contributed by atoms with van der Waals surface area (Å²) in [4.78, 5) is 14.2. The van der Waals surface area contributed by atoms with Gasteiger partial charge in [0.25, 0.3) is 0 Å². The largest absolute Gasteiger partial charge is 0.466 e. The number of halogens is 1. The Morgan fingerprint density at radius 3 is 3.09 bits per heavy atom. The van der Waals surface area contributed by atoms with Gasteiger partial charge in [0.05, 0.1) is 13.0 Å². The maximum atomic E-state index is 11.8. The van der Waals surface area contributed by atoms with Crippen LogP contribution < -0.4 is 0 Å². The van der Waals surface area contributed by atoms with Gasteiger partial charge in [0.1, 0.15) is 0 Å². The summed E-state index contributed by atoms with van der Waals surface area (Å²) in [6.07, 6.45) is 4.83. The molecule has 0 N–H and O–H groups in total. The first-order valence-corrected chi connectivity index (χ1v) is 8.76. The molecular formula is C18H24ClNO2. The predicted molar refractivity (Wildman–Crippen MR) is 88.2 cm³/mol. The fourth-order valence-electron chi connectivity index (χ4n) is 3.73. The SMILES string of the molecule is CCCCOC(=O)CCN1CCC2C[C@@H]1c1ccc(Cl)cc12. The van der Waals surface area contributed by atoms with E-state index in [1.807, 2.05) is 6.07 Å². The first-order chi connectivity index (χ1) is 10.7. The van der Waals surface area contributed by atoms with Crippen LogP contribution in [-0.4, -0.2) is 30.6 Å². The number of likely N-dealkylation sites (tertiary alicyclic amines) is 1. The summed E-state index contributed by atoms with van der Waals surface area (Å²) in [5.74, 6) is 0.580. The molecule has 2 bridgehead atoms. The smallest absolute Gasteiger partial charge is 0.307 e. The Morgan fingerprint density at radius 2 is 2.27 bits per heavy atom. The van der Waals surface area contributed by atoms with Crippen molar-refractivity contribution < 1.29 is 9.53 Å². The molecule has 1 aliphatic carbocycles. The molecular weight excluding hydrogens is 298 g/mol. The van der Waals surface area contributed by atoms with Crippen LogP contribution >= 0.6 is 11.6 Å². The minimum Gasteiger partial charge on any atom is -0.466 e. The van der Waals surface area contributed by atoms with Gasteiger partial charge in [0.2, 0.25) is 0 Å².